The Bertz CT molecular complexity index is 233. The molecular formula is C12H24N2O2. The Morgan fingerprint density at radius 3 is 3.06 bits per heavy atom. The van der Waals surface area contributed by atoms with Gasteiger partial charge >= 0.3 is 0 Å². The molecule has 0 aromatic heterocycles. The number of fused-ring (bicyclic) bond motifs is 1. The fraction of sp³-hybridized carbons (Fsp3) is 1.00. The number of rotatable bonds is 4. The van der Waals surface area contributed by atoms with Crippen LogP contribution in [0.2, 0.25) is 0 Å². The normalized spacial score (nSPS) is 34.7. The smallest absolute Gasteiger partial charge is 0.0730 e. The van der Waals surface area contributed by atoms with Gasteiger partial charge in [0.15, 0.2) is 0 Å². The molecule has 2 rings (SSSR count). The molecular weight excluding hydrogens is 204 g/mol. The Kier molecular flexibility index (Phi) is 3.85. The maximum atomic E-state index is 9.14. The van der Waals surface area contributed by atoms with Crippen LogP contribution in [0.5, 0.6) is 0 Å². The van der Waals surface area contributed by atoms with Crippen LogP contribution in [0.3, 0.4) is 0 Å². The summed E-state index contributed by atoms with van der Waals surface area (Å²) in [6.45, 7) is 4.83. The maximum Gasteiger partial charge on any atom is 0.0730 e. The van der Waals surface area contributed by atoms with E-state index in [2.05, 4.69) is 4.90 Å². The number of nitrogens with two attached hydrogens (primary N) is 1. The van der Waals surface area contributed by atoms with E-state index in [9.17, 15) is 0 Å². The molecule has 4 heteroatoms. The van der Waals surface area contributed by atoms with Crippen molar-refractivity contribution in [1.82, 2.24) is 4.90 Å². The lowest BCUT2D eigenvalue weighted by atomic mass is 9.99. The summed E-state index contributed by atoms with van der Waals surface area (Å²) in [5.74, 6) is 0. The molecule has 1 aliphatic carbocycles. The van der Waals surface area contributed by atoms with Crippen molar-refractivity contribution in [3.63, 3.8) is 0 Å². The van der Waals surface area contributed by atoms with Crippen molar-refractivity contribution in [2.24, 2.45) is 5.73 Å². The fourth-order valence-corrected chi connectivity index (χ4v) is 2.76. The van der Waals surface area contributed by atoms with Crippen molar-refractivity contribution in [2.75, 3.05) is 26.3 Å². The van der Waals surface area contributed by atoms with Gasteiger partial charge in [0, 0.05) is 24.7 Å². The third-order valence-corrected chi connectivity index (χ3v) is 3.93. The summed E-state index contributed by atoms with van der Waals surface area (Å²) in [5.41, 5.74) is 5.52. The molecule has 4 nitrogen and oxygen atoms in total. The number of morpholine rings is 1. The van der Waals surface area contributed by atoms with Gasteiger partial charge in [0.2, 0.25) is 0 Å². The molecule has 3 atom stereocenters. The van der Waals surface area contributed by atoms with Gasteiger partial charge in [0.25, 0.3) is 0 Å². The molecule has 0 spiro atoms. The van der Waals surface area contributed by atoms with E-state index in [0.717, 1.165) is 26.1 Å². The summed E-state index contributed by atoms with van der Waals surface area (Å²) >= 11 is 0. The highest BCUT2D eigenvalue weighted by atomic mass is 16.5. The second-order valence-electron chi connectivity index (χ2n) is 5.51. The lowest BCUT2D eigenvalue weighted by Crippen LogP contribution is -2.51. The number of nitrogens with zero attached hydrogens (tertiary/aromatic N) is 1. The lowest BCUT2D eigenvalue weighted by molar-refractivity contribution is -0.0577. The highest BCUT2D eigenvalue weighted by Gasteiger charge is 2.36. The number of ether oxygens (including phenoxy) is 1. The molecule has 3 unspecified atom stereocenters. The lowest BCUT2D eigenvalue weighted by Gasteiger charge is -2.39. The van der Waals surface area contributed by atoms with E-state index in [-0.39, 0.29) is 6.61 Å². The molecule has 0 aromatic rings. The van der Waals surface area contributed by atoms with Gasteiger partial charge in [0.1, 0.15) is 0 Å². The quantitative estimate of drug-likeness (QED) is 0.728. The van der Waals surface area contributed by atoms with Crippen molar-refractivity contribution in [3.8, 4) is 0 Å². The van der Waals surface area contributed by atoms with E-state index in [0.29, 0.717) is 12.1 Å². The van der Waals surface area contributed by atoms with Crippen molar-refractivity contribution in [1.29, 1.82) is 0 Å². The van der Waals surface area contributed by atoms with Crippen LogP contribution in [-0.4, -0.2) is 54.0 Å². The minimum absolute atomic E-state index is 0.0609. The second kappa shape index (κ2) is 5.00. The Balaban J connectivity index is 1.84. The second-order valence-corrected chi connectivity index (χ2v) is 5.51. The van der Waals surface area contributed by atoms with E-state index >= 15 is 0 Å². The van der Waals surface area contributed by atoms with Gasteiger partial charge in [0.05, 0.1) is 19.3 Å². The molecule has 16 heavy (non-hydrogen) atoms. The summed E-state index contributed by atoms with van der Waals surface area (Å²) in [6.07, 6.45) is 5.05. The van der Waals surface area contributed by atoms with E-state index in [1.165, 1.54) is 19.3 Å². The number of aliphatic hydroxyl groups excluding tert-OH is 1. The standard InChI is InChI=1S/C12H24N2O2/c1-12(13,9-15)5-6-14-7-8-16-11-4-2-3-10(11)14/h10-11,15H,2-9,13H2,1H3. The van der Waals surface area contributed by atoms with E-state index in [1.54, 1.807) is 0 Å². The minimum atomic E-state index is -0.438. The van der Waals surface area contributed by atoms with Crippen LogP contribution in [0.25, 0.3) is 0 Å². The molecule has 1 heterocycles. The first-order valence-corrected chi connectivity index (χ1v) is 6.38. The van der Waals surface area contributed by atoms with Gasteiger partial charge in [-0.3, -0.25) is 4.90 Å². The molecule has 1 saturated heterocycles. The summed E-state index contributed by atoms with van der Waals surface area (Å²) in [7, 11) is 0. The summed E-state index contributed by atoms with van der Waals surface area (Å²) in [6, 6.07) is 0.600. The highest BCUT2D eigenvalue weighted by Crippen LogP contribution is 2.29. The molecule has 0 aromatic carbocycles. The zero-order valence-electron chi connectivity index (χ0n) is 10.2. The zero-order valence-corrected chi connectivity index (χ0v) is 10.2. The van der Waals surface area contributed by atoms with Crippen molar-refractivity contribution in [2.45, 2.75) is 50.3 Å². The van der Waals surface area contributed by atoms with Gasteiger partial charge in [-0.05, 0) is 32.6 Å². The average Bonchev–Trinajstić information content (AvgIpc) is 2.75. The van der Waals surface area contributed by atoms with Gasteiger partial charge in [-0.2, -0.15) is 0 Å². The Hall–Kier alpha value is -0.160. The summed E-state index contributed by atoms with van der Waals surface area (Å²) < 4.78 is 5.77. The Labute approximate surface area is 97.7 Å². The highest BCUT2D eigenvalue weighted by molar-refractivity contribution is 4.90. The maximum absolute atomic E-state index is 9.14. The third kappa shape index (κ3) is 2.74. The first-order chi connectivity index (χ1) is 7.62. The van der Waals surface area contributed by atoms with Gasteiger partial charge in [-0.1, -0.05) is 0 Å². The number of aliphatic hydroxyl groups is 1. The molecule has 2 aliphatic rings. The zero-order chi connectivity index (χ0) is 11.6. The fourth-order valence-electron chi connectivity index (χ4n) is 2.76. The average molecular weight is 228 g/mol. The predicted molar refractivity (Wildman–Crippen MR) is 63.2 cm³/mol. The van der Waals surface area contributed by atoms with Crippen molar-refractivity contribution in [3.05, 3.63) is 0 Å². The van der Waals surface area contributed by atoms with Crippen LogP contribution in [0.4, 0.5) is 0 Å². The largest absolute Gasteiger partial charge is 0.394 e. The Morgan fingerprint density at radius 1 is 1.50 bits per heavy atom. The van der Waals surface area contributed by atoms with Crippen LogP contribution in [0.1, 0.15) is 32.6 Å². The van der Waals surface area contributed by atoms with Crippen LogP contribution in [0.15, 0.2) is 0 Å². The summed E-state index contributed by atoms with van der Waals surface area (Å²) in [4.78, 5) is 2.50. The molecule has 1 saturated carbocycles. The SMILES string of the molecule is CC(N)(CO)CCN1CCOC2CCCC21. The Morgan fingerprint density at radius 2 is 2.31 bits per heavy atom. The molecule has 3 N–H and O–H groups in total. The first-order valence-electron chi connectivity index (χ1n) is 6.38. The molecule has 94 valence electrons. The van der Waals surface area contributed by atoms with Crippen molar-refractivity contribution >= 4 is 0 Å². The van der Waals surface area contributed by atoms with Crippen molar-refractivity contribution < 1.29 is 9.84 Å². The number of hydrogen-bond acceptors (Lipinski definition) is 4. The van der Waals surface area contributed by atoms with Gasteiger partial charge < -0.3 is 15.6 Å². The third-order valence-electron chi connectivity index (χ3n) is 3.93. The minimum Gasteiger partial charge on any atom is -0.394 e. The van der Waals surface area contributed by atoms with Crippen LogP contribution in [0, 0.1) is 0 Å². The van der Waals surface area contributed by atoms with Crippen LogP contribution < -0.4 is 5.73 Å². The number of hydrogen-bond donors (Lipinski definition) is 2. The van der Waals surface area contributed by atoms with Gasteiger partial charge in [-0.15, -0.1) is 0 Å². The molecule has 1 aliphatic heterocycles. The monoisotopic (exact) mass is 228 g/mol. The topological polar surface area (TPSA) is 58.7 Å². The first kappa shape index (κ1) is 12.3. The molecule has 0 amide bonds. The predicted octanol–water partition coefficient (Wildman–Crippen LogP) is 0.340. The van der Waals surface area contributed by atoms with Gasteiger partial charge in [-0.25, -0.2) is 0 Å². The van der Waals surface area contributed by atoms with E-state index in [1.807, 2.05) is 6.92 Å². The van der Waals surface area contributed by atoms with E-state index < -0.39 is 5.54 Å². The molecule has 0 radical (unpaired) electrons. The van der Waals surface area contributed by atoms with E-state index in [4.69, 9.17) is 15.6 Å². The van der Waals surface area contributed by atoms with Crippen LogP contribution in [-0.2, 0) is 4.74 Å². The molecule has 0 bridgehead atoms. The summed E-state index contributed by atoms with van der Waals surface area (Å²) in [5, 5.41) is 9.14. The van der Waals surface area contributed by atoms with Crippen LogP contribution >= 0.6 is 0 Å². The molecule has 2 fully saturated rings.